The molecule has 0 fully saturated rings. The van der Waals surface area contributed by atoms with Crippen molar-refractivity contribution in [2.45, 2.75) is 13.5 Å². The fourth-order valence-corrected chi connectivity index (χ4v) is 4.00. The van der Waals surface area contributed by atoms with Crippen LogP contribution in [0.5, 0.6) is 5.75 Å². The highest BCUT2D eigenvalue weighted by Gasteiger charge is 2.30. The van der Waals surface area contributed by atoms with Crippen LogP contribution < -0.4 is 9.64 Å². The molecule has 146 valence electrons. The van der Waals surface area contributed by atoms with Crippen molar-refractivity contribution >= 4 is 57.4 Å². The molecule has 5 heteroatoms. The third-order valence-corrected chi connectivity index (χ3v) is 5.87. The van der Waals surface area contributed by atoms with E-state index in [1.54, 1.807) is 4.90 Å². The third-order valence-electron chi connectivity index (χ3n) is 4.85. The summed E-state index contributed by atoms with van der Waals surface area (Å²) in [6.45, 7) is 3.07. The predicted octanol–water partition coefficient (Wildman–Crippen LogP) is 6.43. The fraction of sp³-hybridized carbons (Fsp3) is 0.125. The molecule has 1 heterocycles. The second kappa shape index (κ2) is 8.59. The molecule has 0 aliphatic carbocycles. The number of para-hydroxylation sites is 1. The lowest BCUT2D eigenvalue weighted by Gasteiger charge is -2.13. The molecule has 0 saturated heterocycles. The van der Waals surface area contributed by atoms with Gasteiger partial charge in [0.2, 0.25) is 0 Å². The lowest BCUT2D eigenvalue weighted by Crippen LogP contribution is -2.25. The van der Waals surface area contributed by atoms with Gasteiger partial charge in [-0.25, -0.2) is 0 Å². The summed E-state index contributed by atoms with van der Waals surface area (Å²) in [6.07, 6.45) is 1.89. The van der Waals surface area contributed by atoms with Crippen LogP contribution in [0.4, 0.5) is 5.69 Å². The first-order chi connectivity index (χ1) is 14.1. The molecule has 3 aromatic rings. The SMILES string of the molecule is CCN1C(=O)/C(=C\c2ccc(OCc3ccc(I)cc3)c(Cl)c2)c2ccccc21. The molecule has 3 aromatic carbocycles. The van der Waals surface area contributed by atoms with Crippen molar-refractivity contribution in [3.8, 4) is 5.75 Å². The van der Waals surface area contributed by atoms with Gasteiger partial charge in [-0.2, -0.15) is 0 Å². The molecule has 0 unspecified atom stereocenters. The van der Waals surface area contributed by atoms with Crippen LogP contribution in [0, 0.1) is 3.57 Å². The molecule has 1 aliphatic rings. The molecule has 0 spiro atoms. The maximum atomic E-state index is 12.8. The Bertz CT molecular complexity index is 1090. The molecule has 4 rings (SSSR count). The number of ether oxygens (including phenoxy) is 1. The van der Waals surface area contributed by atoms with E-state index >= 15 is 0 Å². The van der Waals surface area contributed by atoms with Crippen molar-refractivity contribution in [1.29, 1.82) is 0 Å². The number of carbonyl (C=O) groups is 1. The second-order valence-corrected chi connectivity index (χ2v) is 8.38. The Kier molecular flexibility index (Phi) is 5.92. The van der Waals surface area contributed by atoms with Gasteiger partial charge in [-0.1, -0.05) is 48.0 Å². The monoisotopic (exact) mass is 515 g/mol. The fourth-order valence-electron chi connectivity index (χ4n) is 3.39. The van der Waals surface area contributed by atoms with Crippen LogP contribution in [0.15, 0.2) is 66.7 Å². The average Bonchev–Trinajstić information content (AvgIpc) is 2.99. The molecule has 0 atom stereocenters. The minimum absolute atomic E-state index is 0.0175. The van der Waals surface area contributed by atoms with E-state index in [-0.39, 0.29) is 5.91 Å². The molecule has 29 heavy (non-hydrogen) atoms. The number of benzene rings is 3. The third kappa shape index (κ3) is 4.19. The van der Waals surface area contributed by atoms with Gasteiger partial charge in [0.25, 0.3) is 5.91 Å². The average molecular weight is 516 g/mol. The number of fused-ring (bicyclic) bond motifs is 1. The first-order valence-corrected chi connectivity index (χ1v) is 10.8. The van der Waals surface area contributed by atoms with E-state index in [9.17, 15) is 4.79 Å². The van der Waals surface area contributed by atoms with Crippen molar-refractivity contribution < 1.29 is 9.53 Å². The molecule has 3 nitrogen and oxygen atoms in total. The number of amides is 1. The summed E-state index contributed by atoms with van der Waals surface area (Å²) < 4.78 is 7.06. The molecular weight excluding hydrogens is 497 g/mol. The van der Waals surface area contributed by atoms with Crippen LogP contribution in [-0.4, -0.2) is 12.5 Å². The van der Waals surface area contributed by atoms with Crippen molar-refractivity contribution in [1.82, 2.24) is 0 Å². The molecule has 0 bridgehead atoms. The van der Waals surface area contributed by atoms with E-state index in [0.717, 1.165) is 22.4 Å². The largest absolute Gasteiger partial charge is 0.487 e. The highest BCUT2D eigenvalue weighted by Crippen LogP contribution is 2.38. The minimum Gasteiger partial charge on any atom is -0.487 e. The number of nitrogens with zero attached hydrogens (tertiary/aromatic N) is 1. The summed E-state index contributed by atoms with van der Waals surface area (Å²) in [6, 6.07) is 21.6. The van der Waals surface area contributed by atoms with E-state index in [2.05, 4.69) is 22.6 Å². The Morgan fingerprint density at radius 3 is 2.55 bits per heavy atom. The van der Waals surface area contributed by atoms with E-state index in [1.165, 1.54) is 3.57 Å². The number of carbonyl (C=O) groups excluding carboxylic acids is 1. The Balaban J connectivity index is 1.56. The molecule has 0 saturated carbocycles. The van der Waals surface area contributed by atoms with Crippen LogP contribution in [0.25, 0.3) is 11.6 Å². The van der Waals surface area contributed by atoms with Gasteiger partial charge < -0.3 is 9.64 Å². The Morgan fingerprint density at radius 1 is 1.07 bits per heavy atom. The molecular formula is C24H19ClINO2. The maximum Gasteiger partial charge on any atom is 0.258 e. The Morgan fingerprint density at radius 2 is 1.83 bits per heavy atom. The summed E-state index contributed by atoms with van der Waals surface area (Å²) in [7, 11) is 0. The van der Waals surface area contributed by atoms with E-state index in [1.807, 2.05) is 79.7 Å². The summed E-state index contributed by atoms with van der Waals surface area (Å²) in [5.74, 6) is 0.643. The zero-order valence-electron chi connectivity index (χ0n) is 15.9. The smallest absolute Gasteiger partial charge is 0.258 e. The molecule has 0 N–H and O–H groups in total. The standard InChI is InChI=1S/C24H19ClINO2/c1-2-27-22-6-4-3-5-19(22)20(24(27)28)13-17-9-12-23(21(25)14-17)29-15-16-7-10-18(26)11-8-16/h3-14H,2,15H2,1H3/b20-13-. The number of hydrogen-bond acceptors (Lipinski definition) is 2. The van der Waals surface area contributed by atoms with Gasteiger partial charge in [-0.3, -0.25) is 4.79 Å². The van der Waals surface area contributed by atoms with Crippen molar-refractivity contribution in [2.24, 2.45) is 0 Å². The summed E-state index contributed by atoms with van der Waals surface area (Å²) in [5, 5.41) is 0.524. The Labute approximate surface area is 189 Å². The summed E-state index contributed by atoms with van der Waals surface area (Å²) in [4.78, 5) is 14.6. The van der Waals surface area contributed by atoms with Crippen LogP contribution in [0.3, 0.4) is 0 Å². The number of likely N-dealkylation sites (N-methyl/N-ethyl adjacent to an activating group) is 1. The first-order valence-electron chi connectivity index (χ1n) is 9.36. The zero-order chi connectivity index (χ0) is 20.4. The normalized spacial score (nSPS) is 14.4. The highest BCUT2D eigenvalue weighted by atomic mass is 127. The number of rotatable bonds is 5. The lowest BCUT2D eigenvalue weighted by molar-refractivity contribution is -0.112. The number of anilines is 1. The van der Waals surface area contributed by atoms with Gasteiger partial charge in [0, 0.05) is 21.3 Å². The van der Waals surface area contributed by atoms with Crippen LogP contribution in [-0.2, 0) is 11.4 Å². The highest BCUT2D eigenvalue weighted by molar-refractivity contribution is 14.1. The van der Waals surface area contributed by atoms with Crippen LogP contribution in [0.1, 0.15) is 23.6 Å². The van der Waals surface area contributed by atoms with Gasteiger partial charge in [-0.15, -0.1) is 0 Å². The van der Waals surface area contributed by atoms with Crippen LogP contribution >= 0.6 is 34.2 Å². The van der Waals surface area contributed by atoms with Crippen molar-refractivity contribution in [3.63, 3.8) is 0 Å². The Hall–Kier alpha value is -2.31. The molecule has 1 aliphatic heterocycles. The second-order valence-electron chi connectivity index (χ2n) is 6.73. The van der Waals surface area contributed by atoms with Gasteiger partial charge >= 0.3 is 0 Å². The van der Waals surface area contributed by atoms with Gasteiger partial charge in [0.15, 0.2) is 0 Å². The van der Waals surface area contributed by atoms with Gasteiger partial charge in [0.05, 0.1) is 10.7 Å². The first kappa shape index (κ1) is 20.0. The van der Waals surface area contributed by atoms with Crippen LogP contribution in [0.2, 0.25) is 5.02 Å². The van der Waals surface area contributed by atoms with E-state index < -0.39 is 0 Å². The van der Waals surface area contributed by atoms with Crippen molar-refractivity contribution in [2.75, 3.05) is 11.4 Å². The summed E-state index contributed by atoms with van der Waals surface area (Å²) in [5.41, 5.74) is 4.55. The van der Waals surface area contributed by atoms with Gasteiger partial charge in [-0.05, 0) is 77.0 Å². The molecule has 0 aromatic heterocycles. The quantitative estimate of drug-likeness (QED) is 0.289. The summed E-state index contributed by atoms with van der Waals surface area (Å²) >= 11 is 8.72. The van der Waals surface area contributed by atoms with E-state index in [0.29, 0.717) is 29.5 Å². The molecule has 1 amide bonds. The predicted molar refractivity (Wildman–Crippen MR) is 127 cm³/mol. The van der Waals surface area contributed by atoms with Crippen molar-refractivity contribution in [3.05, 3.63) is 92.0 Å². The van der Waals surface area contributed by atoms with Gasteiger partial charge in [0.1, 0.15) is 12.4 Å². The molecule has 0 radical (unpaired) electrons. The topological polar surface area (TPSA) is 29.5 Å². The number of halogens is 2. The minimum atomic E-state index is 0.0175. The zero-order valence-corrected chi connectivity index (χ0v) is 18.8. The maximum absolute atomic E-state index is 12.8. The van der Waals surface area contributed by atoms with E-state index in [4.69, 9.17) is 16.3 Å². The lowest BCUT2D eigenvalue weighted by atomic mass is 10.0. The number of hydrogen-bond donors (Lipinski definition) is 0.